The highest BCUT2D eigenvalue weighted by Gasteiger charge is 2.16. The molecule has 0 saturated heterocycles. The first kappa shape index (κ1) is 21.2. The Hall–Kier alpha value is -2.99. The summed E-state index contributed by atoms with van der Waals surface area (Å²) in [6.07, 6.45) is 0. The van der Waals surface area contributed by atoms with Crippen LogP contribution in [-0.4, -0.2) is 4.21 Å². The summed E-state index contributed by atoms with van der Waals surface area (Å²) in [5.74, 6) is 0.710. The number of hydrogen-bond acceptors (Lipinski definition) is 4. The zero-order valence-electron chi connectivity index (χ0n) is 16.2. The fourth-order valence-electron chi connectivity index (χ4n) is 2.78. The summed E-state index contributed by atoms with van der Waals surface area (Å²) in [6.45, 7) is 0. The van der Waals surface area contributed by atoms with Crippen LogP contribution >= 0.6 is 23.2 Å². The summed E-state index contributed by atoms with van der Waals surface area (Å²) in [7, 11) is -3.63. The van der Waals surface area contributed by atoms with Crippen molar-refractivity contribution in [2.24, 2.45) is 4.36 Å². The zero-order chi connectivity index (χ0) is 21.7. The molecule has 0 radical (unpaired) electrons. The van der Waals surface area contributed by atoms with Crippen molar-refractivity contribution in [2.75, 3.05) is 0 Å². The second kappa shape index (κ2) is 9.43. The Morgan fingerprint density at radius 2 is 1.16 bits per heavy atom. The fourth-order valence-corrected chi connectivity index (χ4v) is 4.26. The Balaban J connectivity index is 1.68. The van der Waals surface area contributed by atoms with Gasteiger partial charge in [0, 0.05) is 0 Å². The highest BCUT2D eigenvalue weighted by Crippen LogP contribution is 2.29. The number of rotatable bonds is 6. The number of nitrogens with zero attached hydrogens (tertiary/aromatic N) is 1. The van der Waals surface area contributed by atoms with Crippen molar-refractivity contribution in [2.45, 2.75) is 0 Å². The van der Waals surface area contributed by atoms with Crippen molar-refractivity contribution in [1.29, 1.82) is 0 Å². The van der Waals surface area contributed by atoms with Crippen molar-refractivity contribution in [3.8, 4) is 22.6 Å². The fraction of sp³-hybridized carbons (Fsp3) is 0. The average molecular weight is 470 g/mol. The summed E-state index contributed by atoms with van der Waals surface area (Å²) in [6, 6.07) is 30.5. The molecule has 0 saturated carbocycles. The summed E-state index contributed by atoms with van der Waals surface area (Å²) < 4.78 is 29.2. The van der Waals surface area contributed by atoms with Crippen molar-refractivity contribution >= 4 is 39.2 Å². The lowest BCUT2D eigenvalue weighted by Crippen LogP contribution is -2.16. The van der Waals surface area contributed by atoms with Crippen molar-refractivity contribution in [3.63, 3.8) is 0 Å². The van der Waals surface area contributed by atoms with Crippen LogP contribution in [0.4, 0.5) is 5.69 Å². The molecule has 0 N–H and O–H groups in total. The zero-order valence-corrected chi connectivity index (χ0v) is 18.5. The van der Waals surface area contributed by atoms with E-state index < -0.39 is 10.3 Å². The summed E-state index contributed by atoms with van der Waals surface area (Å²) in [5.41, 5.74) is 2.39. The largest absolute Gasteiger partial charge is 0.393 e. The van der Waals surface area contributed by atoms with E-state index in [0.717, 1.165) is 11.1 Å². The lowest BCUT2D eigenvalue weighted by molar-refractivity contribution is 0.448. The predicted octanol–water partition coefficient (Wildman–Crippen LogP) is 7.75. The highest BCUT2D eigenvalue weighted by molar-refractivity contribution is 7.85. The molecule has 4 nitrogen and oxygen atoms in total. The maximum atomic E-state index is 13.6. The van der Waals surface area contributed by atoms with Gasteiger partial charge in [-0.1, -0.05) is 83.9 Å². The van der Waals surface area contributed by atoms with Crippen molar-refractivity contribution in [1.82, 2.24) is 0 Å². The van der Waals surface area contributed by atoms with Gasteiger partial charge < -0.3 is 8.37 Å². The maximum absolute atomic E-state index is 13.6. The van der Waals surface area contributed by atoms with Crippen LogP contribution < -0.4 is 8.37 Å². The normalized spacial score (nSPS) is 12.6. The van der Waals surface area contributed by atoms with Gasteiger partial charge in [0.2, 0.25) is 0 Å². The van der Waals surface area contributed by atoms with Gasteiger partial charge in [-0.15, -0.1) is 4.36 Å². The number of halogens is 2. The molecule has 0 aliphatic carbocycles. The van der Waals surface area contributed by atoms with Crippen molar-refractivity contribution in [3.05, 3.63) is 113 Å². The van der Waals surface area contributed by atoms with Gasteiger partial charge >= 0.3 is 10.3 Å². The van der Waals surface area contributed by atoms with Crippen LogP contribution in [0.15, 0.2) is 107 Å². The molecule has 0 bridgehead atoms. The first-order valence-electron chi connectivity index (χ1n) is 9.32. The second-order valence-corrected chi connectivity index (χ2v) is 8.67. The van der Waals surface area contributed by atoms with Crippen LogP contribution in [0.3, 0.4) is 0 Å². The molecule has 0 spiro atoms. The molecule has 0 heterocycles. The first-order chi connectivity index (χ1) is 15.0. The Morgan fingerprint density at radius 1 is 0.613 bits per heavy atom. The number of hydrogen-bond donors (Lipinski definition) is 0. The standard InChI is InChI=1S/C24H17Cl2NO3S/c25-23-16-13-20(17-24(23)26)27-31(28,29-21-9-5-2-6-10-21)30-22-14-11-19(12-15-22)18-7-3-1-4-8-18/h1-17H. The minimum Gasteiger partial charge on any atom is -0.368 e. The topological polar surface area (TPSA) is 47.9 Å². The molecule has 0 aliphatic heterocycles. The third-order valence-electron chi connectivity index (χ3n) is 4.23. The maximum Gasteiger partial charge on any atom is 0.393 e. The number of benzene rings is 4. The van der Waals surface area contributed by atoms with E-state index in [4.69, 9.17) is 31.6 Å². The molecule has 0 amide bonds. The van der Waals surface area contributed by atoms with Gasteiger partial charge in [-0.05, 0) is 53.6 Å². The molecule has 156 valence electrons. The van der Waals surface area contributed by atoms with Gasteiger partial charge in [0.05, 0.1) is 15.7 Å². The third kappa shape index (κ3) is 5.58. The molecular weight excluding hydrogens is 453 g/mol. The summed E-state index contributed by atoms with van der Waals surface area (Å²) >= 11 is 12.0. The Labute approximate surface area is 191 Å². The van der Waals surface area contributed by atoms with Gasteiger partial charge in [-0.3, -0.25) is 0 Å². The molecule has 1 unspecified atom stereocenters. The molecule has 4 rings (SSSR count). The third-order valence-corrected chi connectivity index (χ3v) is 6.21. The van der Waals surface area contributed by atoms with E-state index in [1.54, 1.807) is 48.5 Å². The molecule has 0 aromatic heterocycles. The Bertz CT molecular complexity index is 1290. The molecule has 1 atom stereocenters. The lowest BCUT2D eigenvalue weighted by Gasteiger charge is -2.13. The summed E-state index contributed by atoms with van der Waals surface area (Å²) in [5, 5.41) is 0.658. The van der Waals surface area contributed by atoms with Gasteiger partial charge in [-0.2, -0.15) is 4.21 Å². The molecule has 0 aliphatic rings. The van der Waals surface area contributed by atoms with Crippen LogP contribution in [0.5, 0.6) is 11.5 Å². The Morgan fingerprint density at radius 3 is 1.77 bits per heavy atom. The van der Waals surface area contributed by atoms with Crippen LogP contribution in [-0.2, 0) is 10.3 Å². The van der Waals surface area contributed by atoms with Crippen LogP contribution in [0.2, 0.25) is 10.0 Å². The van der Waals surface area contributed by atoms with E-state index in [0.29, 0.717) is 22.2 Å². The van der Waals surface area contributed by atoms with Crippen LogP contribution in [0.1, 0.15) is 0 Å². The first-order valence-corrected chi connectivity index (χ1v) is 11.4. The molecule has 0 fully saturated rings. The van der Waals surface area contributed by atoms with E-state index in [9.17, 15) is 4.21 Å². The van der Waals surface area contributed by atoms with E-state index in [1.165, 1.54) is 6.07 Å². The highest BCUT2D eigenvalue weighted by atomic mass is 35.5. The SMILES string of the molecule is O=S(=Nc1ccc(Cl)c(Cl)c1)(Oc1ccccc1)Oc1ccc(-c2ccccc2)cc1. The monoisotopic (exact) mass is 469 g/mol. The molecule has 4 aromatic carbocycles. The Kier molecular flexibility index (Phi) is 6.47. The van der Waals surface area contributed by atoms with Gasteiger partial charge in [0.15, 0.2) is 0 Å². The van der Waals surface area contributed by atoms with Gasteiger partial charge in [0.1, 0.15) is 11.5 Å². The molecule has 31 heavy (non-hydrogen) atoms. The van der Waals surface area contributed by atoms with Gasteiger partial charge in [0.25, 0.3) is 0 Å². The second-order valence-electron chi connectivity index (χ2n) is 6.49. The van der Waals surface area contributed by atoms with Crippen molar-refractivity contribution < 1.29 is 12.6 Å². The smallest absolute Gasteiger partial charge is 0.368 e. The lowest BCUT2D eigenvalue weighted by atomic mass is 10.1. The van der Waals surface area contributed by atoms with E-state index in [1.807, 2.05) is 48.5 Å². The molecule has 4 aromatic rings. The van der Waals surface area contributed by atoms with E-state index in [2.05, 4.69) is 4.36 Å². The average Bonchev–Trinajstić information content (AvgIpc) is 2.78. The van der Waals surface area contributed by atoms with Crippen LogP contribution in [0, 0.1) is 0 Å². The minimum atomic E-state index is -3.63. The quantitative estimate of drug-likeness (QED) is 0.290. The number of para-hydroxylation sites is 1. The van der Waals surface area contributed by atoms with E-state index >= 15 is 0 Å². The summed E-state index contributed by atoms with van der Waals surface area (Å²) in [4.78, 5) is 0. The van der Waals surface area contributed by atoms with Gasteiger partial charge in [-0.25, -0.2) is 0 Å². The molecular formula is C24H17Cl2NO3S. The van der Waals surface area contributed by atoms with Crippen LogP contribution in [0.25, 0.3) is 11.1 Å². The van der Waals surface area contributed by atoms with E-state index in [-0.39, 0.29) is 5.02 Å². The molecule has 7 heteroatoms. The predicted molar refractivity (Wildman–Crippen MR) is 126 cm³/mol. The minimum absolute atomic E-state index is 0.289.